The van der Waals surface area contributed by atoms with Crippen molar-refractivity contribution in [2.45, 2.75) is 12.8 Å². The number of hydrogen-bond acceptors (Lipinski definition) is 4. The summed E-state index contributed by atoms with van der Waals surface area (Å²) in [7, 11) is 1.31. The Balaban J connectivity index is 1.84. The zero-order chi connectivity index (χ0) is 13.0. The Morgan fingerprint density at radius 3 is 2.50 bits per heavy atom. The molecule has 1 aromatic carbocycles. The monoisotopic (exact) mass is 249 g/mol. The van der Waals surface area contributed by atoms with Crippen molar-refractivity contribution in [3.8, 4) is 5.75 Å². The van der Waals surface area contributed by atoms with Crippen molar-refractivity contribution in [2.75, 3.05) is 19.0 Å². The van der Waals surface area contributed by atoms with Crippen LogP contribution in [0.4, 0.5) is 5.69 Å². The van der Waals surface area contributed by atoms with Gasteiger partial charge in [0.05, 0.1) is 7.11 Å². The van der Waals surface area contributed by atoms with Gasteiger partial charge in [0.25, 0.3) is 0 Å². The first-order valence-corrected chi connectivity index (χ1v) is 5.79. The molecule has 1 N–H and O–H groups in total. The Kier molecular flexibility index (Phi) is 3.82. The maximum absolute atomic E-state index is 11.5. The van der Waals surface area contributed by atoms with Gasteiger partial charge >= 0.3 is 5.97 Å². The van der Waals surface area contributed by atoms with Gasteiger partial charge in [0.2, 0.25) is 5.91 Å². The van der Waals surface area contributed by atoms with Gasteiger partial charge in [0, 0.05) is 11.6 Å². The highest BCUT2D eigenvalue weighted by atomic mass is 16.6. The van der Waals surface area contributed by atoms with Gasteiger partial charge in [-0.25, -0.2) is 4.79 Å². The molecule has 0 aliphatic heterocycles. The average molecular weight is 249 g/mol. The number of anilines is 1. The van der Waals surface area contributed by atoms with E-state index in [0.29, 0.717) is 5.75 Å². The van der Waals surface area contributed by atoms with Crippen molar-refractivity contribution in [1.29, 1.82) is 0 Å². The number of esters is 1. The van der Waals surface area contributed by atoms with Crippen LogP contribution < -0.4 is 10.1 Å². The second kappa shape index (κ2) is 5.53. The minimum atomic E-state index is -0.430. The Hall–Kier alpha value is -2.04. The molecular formula is C13H15NO4. The van der Waals surface area contributed by atoms with Gasteiger partial charge in [-0.05, 0) is 37.1 Å². The van der Waals surface area contributed by atoms with Gasteiger partial charge in [0.15, 0.2) is 6.61 Å². The smallest absolute Gasteiger partial charge is 0.343 e. The third-order valence-corrected chi connectivity index (χ3v) is 2.65. The molecule has 1 aromatic rings. The molecular weight excluding hydrogens is 234 g/mol. The van der Waals surface area contributed by atoms with Crippen molar-refractivity contribution >= 4 is 17.6 Å². The van der Waals surface area contributed by atoms with Crippen molar-refractivity contribution in [1.82, 2.24) is 0 Å². The first-order valence-electron chi connectivity index (χ1n) is 5.79. The molecule has 0 spiro atoms. The molecule has 18 heavy (non-hydrogen) atoms. The fourth-order valence-corrected chi connectivity index (χ4v) is 1.43. The fourth-order valence-electron chi connectivity index (χ4n) is 1.43. The quantitative estimate of drug-likeness (QED) is 0.805. The molecule has 1 amide bonds. The highest BCUT2D eigenvalue weighted by molar-refractivity contribution is 5.94. The third kappa shape index (κ3) is 3.48. The first kappa shape index (κ1) is 12.4. The van der Waals surface area contributed by atoms with E-state index in [0.717, 1.165) is 18.5 Å². The largest absolute Gasteiger partial charge is 0.482 e. The summed E-state index contributed by atoms with van der Waals surface area (Å²) in [4.78, 5) is 22.4. The molecule has 0 radical (unpaired) electrons. The molecule has 0 bridgehead atoms. The normalized spacial score (nSPS) is 13.8. The molecule has 0 saturated heterocycles. The molecule has 0 aromatic heterocycles. The van der Waals surface area contributed by atoms with Gasteiger partial charge in [-0.1, -0.05) is 0 Å². The topological polar surface area (TPSA) is 64.6 Å². The van der Waals surface area contributed by atoms with E-state index in [4.69, 9.17) is 4.74 Å². The van der Waals surface area contributed by atoms with E-state index in [9.17, 15) is 9.59 Å². The zero-order valence-corrected chi connectivity index (χ0v) is 10.1. The molecule has 5 heteroatoms. The summed E-state index contributed by atoms with van der Waals surface area (Å²) in [6.45, 7) is -0.121. The van der Waals surface area contributed by atoms with Crippen molar-refractivity contribution in [3.05, 3.63) is 24.3 Å². The van der Waals surface area contributed by atoms with Crippen LogP contribution >= 0.6 is 0 Å². The van der Waals surface area contributed by atoms with Crippen LogP contribution in [-0.2, 0) is 14.3 Å². The van der Waals surface area contributed by atoms with E-state index in [2.05, 4.69) is 10.1 Å². The Labute approximate surface area is 105 Å². The van der Waals surface area contributed by atoms with Crippen LogP contribution in [0.5, 0.6) is 5.75 Å². The third-order valence-electron chi connectivity index (χ3n) is 2.65. The number of rotatable bonds is 5. The average Bonchev–Trinajstić information content (AvgIpc) is 3.21. The lowest BCUT2D eigenvalue weighted by atomic mass is 10.3. The summed E-state index contributed by atoms with van der Waals surface area (Å²) in [6.07, 6.45) is 1.96. The highest BCUT2D eigenvalue weighted by Crippen LogP contribution is 2.30. The van der Waals surface area contributed by atoms with E-state index in [1.807, 2.05) is 0 Å². The molecule has 0 unspecified atom stereocenters. The molecule has 1 fully saturated rings. The molecule has 1 saturated carbocycles. The minimum Gasteiger partial charge on any atom is -0.482 e. The zero-order valence-electron chi connectivity index (χ0n) is 10.1. The van der Waals surface area contributed by atoms with Crippen molar-refractivity contribution in [2.24, 2.45) is 5.92 Å². The van der Waals surface area contributed by atoms with Gasteiger partial charge in [0.1, 0.15) is 5.75 Å². The number of nitrogens with one attached hydrogen (secondary N) is 1. The second-order valence-electron chi connectivity index (χ2n) is 4.15. The van der Waals surface area contributed by atoms with Crippen molar-refractivity contribution in [3.63, 3.8) is 0 Å². The van der Waals surface area contributed by atoms with Gasteiger partial charge in [-0.15, -0.1) is 0 Å². The molecule has 0 atom stereocenters. The fraction of sp³-hybridized carbons (Fsp3) is 0.385. The highest BCUT2D eigenvalue weighted by Gasteiger charge is 2.29. The molecule has 5 nitrogen and oxygen atoms in total. The Bertz CT molecular complexity index is 437. The standard InChI is InChI=1S/C13H15NO4/c1-17-12(15)8-18-11-6-4-10(5-7-11)14-13(16)9-2-3-9/h4-7,9H,2-3,8H2,1H3,(H,14,16). The lowest BCUT2D eigenvalue weighted by Gasteiger charge is -2.07. The van der Waals surface area contributed by atoms with Crippen LogP contribution in [0.2, 0.25) is 0 Å². The minimum absolute atomic E-state index is 0.0678. The van der Waals surface area contributed by atoms with Gasteiger partial charge < -0.3 is 14.8 Å². The summed E-state index contributed by atoms with van der Waals surface area (Å²) in [6, 6.07) is 6.89. The summed E-state index contributed by atoms with van der Waals surface area (Å²) in [5.41, 5.74) is 0.734. The van der Waals surface area contributed by atoms with E-state index in [-0.39, 0.29) is 18.4 Å². The summed E-state index contributed by atoms with van der Waals surface area (Å²) in [5, 5.41) is 2.82. The number of amides is 1. The lowest BCUT2D eigenvalue weighted by molar-refractivity contribution is -0.142. The van der Waals surface area contributed by atoms with Crippen LogP contribution in [0.15, 0.2) is 24.3 Å². The van der Waals surface area contributed by atoms with E-state index in [1.54, 1.807) is 24.3 Å². The summed E-state index contributed by atoms with van der Waals surface area (Å²) in [5.74, 6) is 0.379. The van der Waals surface area contributed by atoms with E-state index < -0.39 is 5.97 Å². The molecule has 96 valence electrons. The van der Waals surface area contributed by atoms with Crippen molar-refractivity contribution < 1.29 is 19.1 Å². The SMILES string of the molecule is COC(=O)COc1ccc(NC(=O)C2CC2)cc1. The molecule has 1 aliphatic carbocycles. The number of methoxy groups -OCH3 is 1. The van der Waals surface area contributed by atoms with E-state index in [1.165, 1.54) is 7.11 Å². The van der Waals surface area contributed by atoms with Crippen LogP contribution in [0, 0.1) is 5.92 Å². The number of ether oxygens (including phenoxy) is 2. The Morgan fingerprint density at radius 1 is 1.28 bits per heavy atom. The number of benzene rings is 1. The molecule has 1 aliphatic rings. The first-order chi connectivity index (χ1) is 8.69. The lowest BCUT2D eigenvalue weighted by Crippen LogP contribution is -2.14. The summed E-state index contributed by atoms with van der Waals surface area (Å²) >= 11 is 0. The maximum atomic E-state index is 11.5. The van der Waals surface area contributed by atoms with E-state index >= 15 is 0 Å². The molecule has 2 rings (SSSR count). The molecule has 0 heterocycles. The van der Waals surface area contributed by atoms with Crippen LogP contribution in [0.1, 0.15) is 12.8 Å². The summed E-state index contributed by atoms with van der Waals surface area (Å²) < 4.78 is 9.65. The number of hydrogen-bond donors (Lipinski definition) is 1. The van der Waals surface area contributed by atoms with Crippen LogP contribution in [0.3, 0.4) is 0 Å². The van der Waals surface area contributed by atoms with Crippen LogP contribution in [0.25, 0.3) is 0 Å². The Morgan fingerprint density at radius 2 is 1.94 bits per heavy atom. The number of carbonyl (C=O) groups is 2. The second-order valence-corrected chi connectivity index (χ2v) is 4.15. The van der Waals surface area contributed by atoms with Gasteiger partial charge in [-0.2, -0.15) is 0 Å². The van der Waals surface area contributed by atoms with Gasteiger partial charge in [-0.3, -0.25) is 4.79 Å². The predicted molar refractivity (Wildman–Crippen MR) is 65.3 cm³/mol. The van der Waals surface area contributed by atoms with Crippen LogP contribution in [-0.4, -0.2) is 25.6 Å². The predicted octanol–water partition coefficient (Wildman–Crippen LogP) is 1.59. The number of carbonyl (C=O) groups excluding carboxylic acids is 2. The maximum Gasteiger partial charge on any atom is 0.343 e.